The van der Waals surface area contributed by atoms with Crippen molar-refractivity contribution in [1.29, 1.82) is 0 Å². The summed E-state index contributed by atoms with van der Waals surface area (Å²) >= 11 is 0. The molecule has 118 valence electrons. The molecule has 0 spiro atoms. The smallest absolute Gasteiger partial charge is 0.356 e. The molecule has 8 heteroatoms. The standard InChI is InChI=1S/C14H16F3N5/c1-21-9-19-20-12(21)10-4-7-22(8-5-10)13-11(14(15,16)17)3-2-6-18-13/h2-3,6,9-10H,4-5,7-8H2,1H3. The summed E-state index contributed by atoms with van der Waals surface area (Å²) in [5.41, 5.74) is -0.674. The zero-order valence-electron chi connectivity index (χ0n) is 12.1. The molecule has 1 saturated heterocycles. The number of aromatic nitrogens is 4. The van der Waals surface area contributed by atoms with Gasteiger partial charge in [0, 0.05) is 32.3 Å². The summed E-state index contributed by atoms with van der Waals surface area (Å²) in [6.07, 6.45) is 0.131. The van der Waals surface area contributed by atoms with E-state index < -0.39 is 11.7 Å². The fraction of sp³-hybridized carbons (Fsp3) is 0.500. The minimum absolute atomic E-state index is 0.0198. The van der Waals surface area contributed by atoms with Gasteiger partial charge < -0.3 is 9.47 Å². The Balaban J connectivity index is 1.76. The van der Waals surface area contributed by atoms with Crippen molar-refractivity contribution >= 4 is 5.82 Å². The van der Waals surface area contributed by atoms with Crippen LogP contribution in [0.1, 0.15) is 30.1 Å². The predicted octanol–water partition coefficient (Wildman–Crippen LogP) is 2.61. The van der Waals surface area contributed by atoms with Crippen molar-refractivity contribution in [3.63, 3.8) is 0 Å². The van der Waals surface area contributed by atoms with E-state index in [4.69, 9.17) is 0 Å². The summed E-state index contributed by atoms with van der Waals surface area (Å²) in [4.78, 5) is 5.65. The van der Waals surface area contributed by atoms with Gasteiger partial charge in [0.2, 0.25) is 0 Å². The summed E-state index contributed by atoms with van der Waals surface area (Å²) in [5.74, 6) is 1.13. The number of hydrogen-bond acceptors (Lipinski definition) is 4. The lowest BCUT2D eigenvalue weighted by molar-refractivity contribution is -0.137. The molecule has 2 aromatic rings. The first kappa shape index (κ1) is 14.8. The average molecular weight is 311 g/mol. The number of halogens is 3. The molecular weight excluding hydrogens is 295 g/mol. The lowest BCUT2D eigenvalue weighted by atomic mass is 9.95. The number of aryl methyl sites for hydroxylation is 1. The number of anilines is 1. The molecule has 0 aliphatic carbocycles. The second kappa shape index (κ2) is 5.58. The van der Waals surface area contributed by atoms with Crippen LogP contribution >= 0.6 is 0 Å². The van der Waals surface area contributed by atoms with Gasteiger partial charge in [-0.3, -0.25) is 0 Å². The van der Waals surface area contributed by atoms with Crippen LogP contribution in [0.5, 0.6) is 0 Å². The van der Waals surface area contributed by atoms with Crippen LogP contribution in [0.3, 0.4) is 0 Å². The molecule has 0 atom stereocenters. The molecule has 3 rings (SSSR count). The van der Waals surface area contributed by atoms with Crippen LogP contribution in [0.2, 0.25) is 0 Å². The first-order chi connectivity index (χ1) is 10.5. The van der Waals surface area contributed by atoms with Crippen molar-refractivity contribution in [2.45, 2.75) is 24.9 Å². The molecule has 0 unspecified atom stereocenters. The van der Waals surface area contributed by atoms with Gasteiger partial charge in [-0.2, -0.15) is 13.2 Å². The zero-order valence-corrected chi connectivity index (χ0v) is 12.1. The highest BCUT2D eigenvalue weighted by atomic mass is 19.4. The van der Waals surface area contributed by atoms with Crippen LogP contribution in [0.25, 0.3) is 0 Å². The summed E-state index contributed by atoms with van der Waals surface area (Å²) in [5, 5.41) is 7.95. The third kappa shape index (κ3) is 2.77. The molecule has 5 nitrogen and oxygen atoms in total. The fourth-order valence-electron chi connectivity index (χ4n) is 2.88. The lowest BCUT2D eigenvalue weighted by Gasteiger charge is -2.33. The molecule has 0 amide bonds. The van der Waals surface area contributed by atoms with Crippen molar-refractivity contribution < 1.29 is 13.2 Å². The first-order valence-corrected chi connectivity index (χ1v) is 7.08. The van der Waals surface area contributed by atoms with Gasteiger partial charge in [0.15, 0.2) is 0 Å². The zero-order chi connectivity index (χ0) is 15.7. The molecule has 0 radical (unpaired) electrons. The van der Waals surface area contributed by atoms with Gasteiger partial charge in [0.25, 0.3) is 0 Å². The number of nitrogens with zero attached hydrogens (tertiary/aromatic N) is 5. The van der Waals surface area contributed by atoms with Crippen molar-refractivity contribution in [2.75, 3.05) is 18.0 Å². The predicted molar refractivity (Wildman–Crippen MR) is 74.4 cm³/mol. The van der Waals surface area contributed by atoms with Crippen LogP contribution in [0.4, 0.5) is 19.0 Å². The molecule has 0 saturated carbocycles. The van der Waals surface area contributed by atoms with E-state index in [-0.39, 0.29) is 11.7 Å². The number of pyridine rings is 1. The lowest BCUT2D eigenvalue weighted by Crippen LogP contribution is -2.35. The van der Waals surface area contributed by atoms with E-state index in [0.717, 1.165) is 24.7 Å². The van der Waals surface area contributed by atoms with Crippen LogP contribution in [0.15, 0.2) is 24.7 Å². The summed E-state index contributed by atoms with van der Waals surface area (Å²) in [7, 11) is 1.88. The Morgan fingerprint density at radius 3 is 2.55 bits per heavy atom. The Morgan fingerprint density at radius 2 is 1.95 bits per heavy atom. The minimum atomic E-state index is -4.38. The second-order valence-electron chi connectivity index (χ2n) is 5.43. The van der Waals surface area contributed by atoms with Gasteiger partial charge in [-0.1, -0.05) is 0 Å². The maximum atomic E-state index is 13.1. The van der Waals surface area contributed by atoms with Gasteiger partial charge >= 0.3 is 6.18 Å². The van der Waals surface area contributed by atoms with Crippen molar-refractivity contribution in [1.82, 2.24) is 19.7 Å². The van der Waals surface area contributed by atoms with Crippen molar-refractivity contribution in [2.24, 2.45) is 7.05 Å². The molecule has 0 N–H and O–H groups in total. The van der Waals surface area contributed by atoms with Crippen molar-refractivity contribution in [3.05, 3.63) is 36.0 Å². The third-order valence-corrected chi connectivity index (χ3v) is 4.00. The van der Waals surface area contributed by atoms with E-state index in [2.05, 4.69) is 15.2 Å². The maximum absolute atomic E-state index is 13.1. The Bertz CT molecular complexity index is 644. The summed E-state index contributed by atoms with van der Waals surface area (Å²) in [6, 6.07) is 2.40. The van der Waals surface area contributed by atoms with E-state index in [0.29, 0.717) is 13.1 Å². The summed E-state index contributed by atoms with van der Waals surface area (Å²) in [6.45, 7) is 1.05. The van der Waals surface area contributed by atoms with Gasteiger partial charge in [0.1, 0.15) is 18.0 Å². The largest absolute Gasteiger partial charge is 0.419 e. The Hall–Kier alpha value is -2.12. The fourth-order valence-corrected chi connectivity index (χ4v) is 2.88. The average Bonchev–Trinajstić information content (AvgIpc) is 2.93. The number of rotatable bonds is 2. The van der Waals surface area contributed by atoms with Gasteiger partial charge in [-0.05, 0) is 25.0 Å². The molecule has 3 heterocycles. The normalized spacial score (nSPS) is 17.0. The van der Waals surface area contributed by atoms with Crippen LogP contribution < -0.4 is 4.90 Å². The maximum Gasteiger partial charge on any atom is 0.419 e. The van der Waals surface area contributed by atoms with Gasteiger partial charge in [-0.25, -0.2) is 4.98 Å². The van der Waals surface area contributed by atoms with Crippen LogP contribution in [-0.4, -0.2) is 32.8 Å². The molecule has 2 aromatic heterocycles. The first-order valence-electron chi connectivity index (χ1n) is 7.08. The van der Waals surface area contributed by atoms with Crippen LogP contribution in [-0.2, 0) is 13.2 Å². The van der Waals surface area contributed by atoms with E-state index in [1.54, 1.807) is 11.2 Å². The van der Waals surface area contributed by atoms with Crippen molar-refractivity contribution in [3.8, 4) is 0 Å². The molecule has 1 aliphatic rings. The number of hydrogen-bond donors (Lipinski definition) is 0. The second-order valence-corrected chi connectivity index (χ2v) is 5.43. The van der Waals surface area contributed by atoms with Crippen LogP contribution in [0, 0.1) is 0 Å². The molecule has 1 fully saturated rings. The van der Waals surface area contributed by atoms with E-state index in [1.165, 1.54) is 12.3 Å². The summed E-state index contributed by atoms with van der Waals surface area (Å²) < 4.78 is 41.1. The topological polar surface area (TPSA) is 46.8 Å². The number of alkyl halides is 3. The minimum Gasteiger partial charge on any atom is -0.356 e. The van der Waals surface area contributed by atoms with Gasteiger partial charge in [-0.15, -0.1) is 10.2 Å². The quantitative estimate of drug-likeness (QED) is 0.855. The molecular formula is C14H16F3N5. The van der Waals surface area contributed by atoms with E-state index in [9.17, 15) is 13.2 Å². The molecule has 0 aromatic carbocycles. The highest BCUT2D eigenvalue weighted by molar-refractivity contribution is 5.48. The highest BCUT2D eigenvalue weighted by Crippen LogP contribution is 2.37. The SMILES string of the molecule is Cn1cnnc1C1CCN(c2ncccc2C(F)(F)F)CC1. The van der Waals surface area contributed by atoms with Gasteiger partial charge in [0.05, 0.1) is 5.56 Å². The molecule has 0 bridgehead atoms. The molecule has 1 aliphatic heterocycles. The Kier molecular flexibility index (Phi) is 3.76. The third-order valence-electron chi connectivity index (χ3n) is 4.00. The van der Waals surface area contributed by atoms with E-state index in [1.807, 2.05) is 11.6 Å². The monoisotopic (exact) mass is 311 g/mol. The highest BCUT2D eigenvalue weighted by Gasteiger charge is 2.36. The number of piperidine rings is 1. The Labute approximate surface area is 125 Å². The molecule has 22 heavy (non-hydrogen) atoms. The van der Waals surface area contributed by atoms with E-state index >= 15 is 0 Å². The Morgan fingerprint density at radius 1 is 1.23 bits per heavy atom.